The van der Waals surface area contributed by atoms with Crippen molar-refractivity contribution in [2.45, 2.75) is 13.0 Å². The average Bonchev–Trinajstić information content (AvgIpc) is 2.52. The lowest BCUT2D eigenvalue weighted by molar-refractivity contribution is -0.119. The van der Waals surface area contributed by atoms with E-state index in [4.69, 9.17) is 10.5 Å². The van der Waals surface area contributed by atoms with Crippen molar-refractivity contribution >= 4 is 34.2 Å². The van der Waals surface area contributed by atoms with Crippen LogP contribution in [0, 0.1) is 5.82 Å². The molecule has 0 saturated heterocycles. The number of carbonyl (C=O) groups is 1. The van der Waals surface area contributed by atoms with Crippen molar-refractivity contribution in [3.8, 4) is 5.75 Å². The topological polar surface area (TPSA) is 64.4 Å². The first-order chi connectivity index (χ1) is 11.1. The molecule has 0 saturated carbocycles. The molecule has 0 bridgehead atoms. The average molecular weight is 418 g/mol. The maximum atomic E-state index is 13.5. The number of ether oxygens (including phenoxy) is 1. The molecule has 0 radical (unpaired) electrons. The first kappa shape index (κ1) is 20.4. The van der Waals surface area contributed by atoms with Crippen LogP contribution in [0.2, 0.25) is 0 Å². The highest BCUT2D eigenvalue weighted by Crippen LogP contribution is 2.23. The third-order valence-corrected chi connectivity index (χ3v) is 3.73. The third-order valence-electron chi connectivity index (χ3n) is 3.24. The van der Waals surface area contributed by atoms with Crippen LogP contribution in [0.5, 0.6) is 5.75 Å². The first-order valence-electron chi connectivity index (χ1n) is 7.20. The molecule has 130 valence electrons. The van der Waals surface area contributed by atoms with Gasteiger partial charge in [-0.2, -0.15) is 0 Å². The minimum Gasteiger partial charge on any atom is -0.483 e. The van der Waals surface area contributed by atoms with Crippen LogP contribution in [-0.4, -0.2) is 19.1 Å². The fourth-order valence-electron chi connectivity index (χ4n) is 2.12. The fourth-order valence-corrected chi connectivity index (χ4v) is 2.53. The molecule has 3 N–H and O–H groups in total. The van der Waals surface area contributed by atoms with E-state index in [0.29, 0.717) is 30.8 Å². The van der Waals surface area contributed by atoms with Crippen molar-refractivity contribution in [2.24, 2.45) is 5.73 Å². The molecule has 0 aromatic heterocycles. The van der Waals surface area contributed by atoms with Gasteiger partial charge in [0.15, 0.2) is 6.61 Å². The SMILES string of the molecule is Cl.NC(=O)COc1ccc(Br)cc1CNCCc1ccccc1F. The normalized spacial score (nSPS) is 10.1. The maximum Gasteiger partial charge on any atom is 0.255 e. The van der Waals surface area contributed by atoms with Crippen LogP contribution >= 0.6 is 28.3 Å². The standard InChI is InChI=1S/C17H18BrFN2O2.ClH/c18-14-5-6-16(23-11-17(20)22)13(9-14)10-21-8-7-12-3-1-2-4-15(12)19;/h1-6,9,21H,7-8,10-11H2,(H2,20,22);1H. The summed E-state index contributed by atoms with van der Waals surface area (Å²) in [5.74, 6) is -0.112. The molecular weight excluding hydrogens is 399 g/mol. The van der Waals surface area contributed by atoms with Gasteiger partial charge in [0.25, 0.3) is 5.91 Å². The molecule has 1 amide bonds. The van der Waals surface area contributed by atoms with Crippen LogP contribution < -0.4 is 15.8 Å². The molecule has 0 aliphatic rings. The number of hydrogen-bond donors (Lipinski definition) is 2. The Morgan fingerprint density at radius 2 is 1.96 bits per heavy atom. The minimum absolute atomic E-state index is 0. The molecular formula is C17H19BrClFN2O2. The molecule has 2 aromatic carbocycles. The molecule has 0 aliphatic carbocycles. The Morgan fingerprint density at radius 3 is 2.67 bits per heavy atom. The number of nitrogens with two attached hydrogens (primary N) is 1. The quantitative estimate of drug-likeness (QED) is 0.648. The largest absolute Gasteiger partial charge is 0.483 e. The van der Waals surface area contributed by atoms with Gasteiger partial charge in [-0.05, 0) is 42.8 Å². The van der Waals surface area contributed by atoms with Gasteiger partial charge in [-0.25, -0.2) is 4.39 Å². The van der Waals surface area contributed by atoms with Crippen molar-refractivity contribution < 1.29 is 13.9 Å². The summed E-state index contributed by atoms with van der Waals surface area (Å²) in [6, 6.07) is 12.3. The third kappa shape index (κ3) is 6.47. The number of rotatable bonds is 8. The van der Waals surface area contributed by atoms with Crippen LogP contribution in [0.25, 0.3) is 0 Å². The summed E-state index contributed by atoms with van der Waals surface area (Å²) in [6.45, 7) is 1.01. The number of benzene rings is 2. The number of nitrogens with one attached hydrogen (secondary N) is 1. The van der Waals surface area contributed by atoms with Crippen LogP contribution in [0.1, 0.15) is 11.1 Å². The lowest BCUT2D eigenvalue weighted by atomic mass is 10.1. The van der Waals surface area contributed by atoms with Gasteiger partial charge in [0.2, 0.25) is 0 Å². The van der Waals surface area contributed by atoms with Gasteiger partial charge in [0.05, 0.1) is 0 Å². The molecule has 7 heteroatoms. The summed E-state index contributed by atoms with van der Waals surface area (Å²) in [6.07, 6.45) is 0.595. The van der Waals surface area contributed by atoms with Gasteiger partial charge in [0, 0.05) is 16.6 Å². The highest BCUT2D eigenvalue weighted by molar-refractivity contribution is 9.10. The lowest BCUT2D eigenvalue weighted by Gasteiger charge is -2.12. The molecule has 0 unspecified atom stereocenters. The van der Waals surface area contributed by atoms with E-state index >= 15 is 0 Å². The van der Waals surface area contributed by atoms with Crippen molar-refractivity contribution in [2.75, 3.05) is 13.2 Å². The zero-order valence-corrected chi connectivity index (χ0v) is 15.3. The van der Waals surface area contributed by atoms with Crippen molar-refractivity contribution in [3.63, 3.8) is 0 Å². The van der Waals surface area contributed by atoms with E-state index in [-0.39, 0.29) is 24.8 Å². The molecule has 0 atom stereocenters. The summed E-state index contributed by atoms with van der Waals surface area (Å²) in [5, 5.41) is 3.25. The van der Waals surface area contributed by atoms with E-state index in [1.807, 2.05) is 18.2 Å². The van der Waals surface area contributed by atoms with E-state index in [1.54, 1.807) is 18.2 Å². The number of carbonyl (C=O) groups excluding carboxylic acids is 1. The van der Waals surface area contributed by atoms with E-state index in [2.05, 4.69) is 21.2 Å². The van der Waals surface area contributed by atoms with Crippen LogP contribution in [0.4, 0.5) is 4.39 Å². The summed E-state index contributed by atoms with van der Waals surface area (Å²) in [5.41, 5.74) is 6.67. The zero-order valence-electron chi connectivity index (χ0n) is 12.9. The van der Waals surface area contributed by atoms with Crippen molar-refractivity contribution in [3.05, 3.63) is 63.9 Å². The number of primary amides is 1. The van der Waals surface area contributed by atoms with Gasteiger partial charge >= 0.3 is 0 Å². The highest BCUT2D eigenvalue weighted by atomic mass is 79.9. The predicted molar refractivity (Wildman–Crippen MR) is 97.9 cm³/mol. The first-order valence-corrected chi connectivity index (χ1v) is 7.99. The smallest absolute Gasteiger partial charge is 0.255 e. The number of halogens is 3. The molecule has 4 nitrogen and oxygen atoms in total. The van der Waals surface area contributed by atoms with Gasteiger partial charge in [-0.1, -0.05) is 34.1 Å². The van der Waals surface area contributed by atoms with Crippen LogP contribution in [-0.2, 0) is 17.8 Å². The summed E-state index contributed by atoms with van der Waals surface area (Å²) >= 11 is 3.41. The predicted octanol–water partition coefficient (Wildman–Crippen LogP) is 3.21. The molecule has 0 aliphatic heterocycles. The van der Waals surface area contributed by atoms with Gasteiger partial charge in [-0.15, -0.1) is 12.4 Å². The maximum absolute atomic E-state index is 13.5. The van der Waals surface area contributed by atoms with Crippen molar-refractivity contribution in [1.29, 1.82) is 0 Å². The Morgan fingerprint density at radius 1 is 1.21 bits per heavy atom. The number of hydrogen-bond acceptors (Lipinski definition) is 3. The van der Waals surface area contributed by atoms with E-state index in [9.17, 15) is 9.18 Å². The Balaban J connectivity index is 0.00000288. The molecule has 2 rings (SSSR count). The second-order valence-electron chi connectivity index (χ2n) is 5.03. The van der Waals surface area contributed by atoms with Crippen LogP contribution in [0.15, 0.2) is 46.9 Å². The zero-order chi connectivity index (χ0) is 16.7. The summed E-state index contributed by atoms with van der Waals surface area (Å²) in [4.78, 5) is 10.8. The van der Waals surface area contributed by atoms with Crippen molar-refractivity contribution in [1.82, 2.24) is 5.32 Å². The summed E-state index contributed by atoms with van der Waals surface area (Å²) < 4.78 is 19.8. The fraction of sp³-hybridized carbons (Fsp3) is 0.235. The van der Waals surface area contributed by atoms with Gasteiger partial charge < -0.3 is 15.8 Å². The summed E-state index contributed by atoms with van der Waals surface area (Å²) in [7, 11) is 0. The molecule has 0 spiro atoms. The van der Waals surface area contributed by atoms with E-state index in [1.165, 1.54) is 6.07 Å². The molecule has 2 aromatic rings. The Bertz CT molecular complexity index is 685. The second-order valence-corrected chi connectivity index (χ2v) is 5.94. The monoisotopic (exact) mass is 416 g/mol. The Hall–Kier alpha value is -1.63. The molecule has 0 heterocycles. The lowest BCUT2D eigenvalue weighted by Crippen LogP contribution is -2.21. The second kappa shape index (κ2) is 10.3. The van der Waals surface area contributed by atoms with Gasteiger partial charge in [0.1, 0.15) is 11.6 Å². The molecule has 0 fully saturated rings. The highest BCUT2D eigenvalue weighted by Gasteiger charge is 2.07. The van der Waals surface area contributed by atoms with Gasteiger partial charge in [-0.3, -0.25) is 4.79 Å². The number of amides is 1. The van der Waals surface area contributed by atoms with E-state index in [0.717, 1.165) is 10.0 Å². The minimum atomic E-state index is -0.522. The van der Waals surface area contributed by atoms with E-state index < -0.39 is 5.91 Å². The Kier molecular flexibility index (Phi) is 8.74. The molecule has 24 heavy (non-hydrogen) atoms. The Labute approximate surface area is 155 Å². The van der Waals surface area contributed by atoms with Crippen LogP contribution in [0.3, 0.4) is 0 Å².